The summed E-state index contributed by atoms with van der Waals surface area (Å²) >= 11 is 0. The lowest BCUT2D eigenvalue weighted by atomic mass is 9.92. The van der Waals surface area contributed by atoms with E-state index in [0.717, 1.165) is 26.1 Å². The van der Waals surface area contributed by atoms with Crippen LogP contribution < -0.4 is 5.32 Å². The second-order valence-electron chi connectivity index (χ2n) is 5.57. The number of likely N-dealkylation sites (tertiary alicyclic amines) is 1. The number of aliphatic carboxylic acids is 1. The van der Waals surface area contributed by atoms with E-state index in [2.05, 4.69) is 17.1 Å². The minimum Gasteiger partial charge on any atom is -0.479 e. The Morgan fingerprint density at radius 2 is 2.24 bits per heavy atom. The molecule has 0 bridgehead atoms. The van der Waals surface area contributed by atoms with Gasteiger partial charge >= 0.3 is 5.97 Å². The maximum atomic E-state index is 11.0. The second kappa shape index (κ2) is 4.55. The van der Waals surface area contributed by atoms with E-state index < -0.39 is 11.6 Å². The first kappa shape index (κ1) is 12.8. The highest BCUT2D eigenvalue weighted by Crippen LogP contribution is 2.34. The number of nitrogens with one attached hydrogen (secondary N) is 1. The molecule has 98 valence electrons. The van der Waals surface area contributed by atoms with Crippen LogP contribution >= 0.6 is 0 Å². The molecule has 0 aromatic rings. The molecule has 17 heavy (non-hydrogen) atoms. The standard InChI is InChI=1S/C12H22N2O3/c1-3-10-9-5-13-4-8(9)6-14(10)7-12(2,17)11(15)16/h8-10,13,17H,3-7H2,1-2H3,(H,15,16). The monoisotopic (exact) mass is 242 g/mol. The van der Waals surface area contributed by atoms with E-state index in [4.69, 9.17) is 5.11 Å². The van der Waals surface area contributed by atoms with Crippen molar-refractivity contribution in [1.29, 1.82) is 0 Å². The van der Waals surface area contributed by atoms with E-state index in [1.807, 2.05) is 0 Å². The first-order valence-corrected chi connectivity index (χ1v) is 6.36. The molecule has 2 fully saturated rings. The fraction of sp³-hybridized carbons (Fsp3) is 0.917. The second-order valence-corrected chi connectivity index (χ2v) is 5.57. The van der Waals surface area contributed by atoms with Crippen molar-refractivity contribution in [2.75, 3.05) is 26.2 Å². The van der Waals surface area contributed by atoms with Crippen molar-refractivity contribution in [2.24, 2.45) is 11.8 Å². The number of carbonyl (C=O) groups is 1. The normalized spacial score (nSPS) is 36.8. The average Bonchev–Trinajstić information content (AvgIpc) is 2.76. The van der Waals surface area contributed by atoms with E-state index in [1.165, 1.54) is 6.92 Å². The number of fused-ring (bicyclic) bond motifs is 1. The summed E-state index contributed by atoms with van der Waals surface area (Å²) in [7, 11) is 0. The van der Waals surface area contributed by atoms with E-state index in [1.54, 1.807) is 0 Å². The Morgan fingerprint density at radius 1 is 1.53 bits per heavy atom. The lowest BCUT2D eigenvalue weighted by Crippen LogP contribution is -2.49. The molecule has 0 amide bonds. The Labute approximate surface area is 102 Å². The van der Waals surface area contributed by atoms with Crippen LogP contribution in [0.3, 0.4) is 0 Å². The number of hydrogen-bond donors (Lipinski definition) is 3. The Balaban J connectivity index is 2.04. The zero-order valence-electron chi connectivity index (χ0n) is 10.5. The summed E-state index contributed by atoms with van der Waals surface area (Å²) in [6.07, 6.45) is 1.01. The summed E-state index contributed by atoms with van der Waals surface area (Å²) in [6.45, 7) is 6.69. The zero-order chi connectivity index (χ0) is 12.6. The number of hydrogen-bond acceptors (Lipinski definition) is 4. The molecule has 0 saturated carbocycles. The molecule has 3 N–H and O–H groups in total. The van der Waals surface area contributed by atoms with Crippen molar-refractivity contribution in [3.63, 3.8) is 0 Å². The summed E-state index contributed by atoms with van der Waals surface area (Å²) in [5.74, 6) is 0.0941. The lowest BCUT2D eigenvalue weighted by Gasteiger charge is -2.31. The van der Waals surface area contributed by atoms with Crippen molar-refractivity contribution in [3.8, 4) is 0 Å². The zero-order valence-corrected chi connectivity index (χ0v) is 10.5. The maximum absolute atomic E-state index is 11.0. The predicted octanol–water partition coefficient (Wildman–Crippen LogP) is -0.248. The van der Waals surface area contributed by atoms with Crippen molar-refractivity contribution < 1.29 is 15.0 Å². The molecule has 0 aromatic carbocycles. The van der Waals surface area contributed by atoms with Crippen LogP contribution in [0.2, 0.25) is 0 Å². The minimum atomic E-state index is -1.64. The van der Waals surface area contributed by atoms with Gasteiger partial charge in [0.15, 0.2) is 5.60 Å². The Hall–Kier alpha value is -0.650. The van der Waals surface area contributed by atoms with Crippen LogP contribution in [-0.2, 0) is 4.79 Å². The fourth-order valence-electron chi connectivity index (χ4n) is 3.32. The topological polar surface area (TPSA) is 72.8 Å². The van der Waals surface area contributed by atoms with Crippen LogP contribution in [0.15, 0.2) is 0 Å². The van der Waals surface area contributed by atoms with Crippen LogP contribution in [0.4, 0.5) is 0 Å². The number of nitrogens with zero attached hydrogens (tertiary/aromatic N) is 1. The highest BCUT2D eigenvalue weighted by atomic mass is 16.4. The molecule has 2 aliphatic rings. The highest BCUT2D eigenvalue weighted by molar-refractivity contribution is 5.76. The number of aliphatic hydroxyl groups is 1. The quantitative estimate of drug-likeness (QED) is 0.634. The molecular weight excluding hydrogens is 220 g/mol. The van der Waals surface area contributed by atoms with Gasteiger partial charge < -0.3 is 15.5 Å². The molecule has 4 atom stereocenters. The van der Waals surface area contributed by atoms with Crippen LogP contribution in [0.5, 0.6) is 0 Å². The Kier molecular flexibility index (Phi) is 3.43. The number of β-amino-alcohol motifs (C(OH)–C–C–N with tert-alkyl or cyclic N) is 1. The third-order valence-electron chi connectivity index (χ3n) is 4.21. The van der Waals surface area contributed by atoms with Gasteiger partial charge in [-0.3, -0.25) is 4.90 Å². The van der Waals surface area contributed by atoms with Gasteiger partial charge in [-0.15, -0.1) is 0 Å². The molecule has 5 heteroatoms. The highest BCUT2D eigenvalue weighted by Gasteiger charge is 2.46. The average molecular weight is 242 g/mol. The Morgan fingerprint density at radius 3 is 2.82 bits per heavy atom. The van der Waals surface area contributed by atoms with Gasteiger partial charge in [-0.05, 0) is 38.3 Å². The van der Waals surface area contributed by atoms with Crippen molar-refractivity contribution in [1.82, 2.24) is 10.2 Å². The van der Waals surface area contributed by atoms with Crippen LogP contribution in [0, 0.1) is 11.8 Å². The number of carboxylic acids is 1. The largest absolute Gasteiger partial charge is 0.479 e. The molecule has 0 radical (unpaired) electrons. The molecule has 4 unspecified atom stereocenters. The molecule has 2 rings (SSSR count). The smallest absolute Gasteiger partial charge is 0.336 e. The summed E-state index contributed by atoms with van der Waals surface area (Å²) in [5, 5.41) is 22.2. The third-order valence-corrected chi connectivity index (χ3v) is 4.21. The van der Waals surface area contributed by atoms with E-state index >= 15 is 0 Å². The lowest BCUT2D eigenvalue weighted by molar-refractivity contribution is -0.158. The first-order valence-electron chi connectivity index (χ1n) is 6.36. The fourth-order valence-corrected chi connectivity index (χ4v) is 3.32. The molecular formula is C12H22N2O3. The third kappa shape index (κ3) is 2.32. The van der Waals surface area contributed by atoms with Crippen LogP contribution in [-0.4, -0.2) is 58.9 Å². The van der Waals surface area contributed by atoms with Crippen LogP contribution in [0.1, 0.15) is 20.3 Å². The first-order chi connectivity index (χ1) is 7.95. The van der Waals surface area contributed by atoms with Gasteiger partial charge in [0, 0.05) is 19.1 Å². The molecule has 0 spiro atoms. The summed E-state index contributed by atoms with van der Waals surface area (Å²) in [6, 6.07) is 0.404. The Bertz CT molecular complexity index is 306. The van der Waals surface area contributed by atoms with E-state index in [9.17, 15) is 9.90 Å². The van der Waals surface area contributed by atoms with Gasteiger partial charge in [-0.2, -0.15) is 0 Å². The van der Waals surface area contributed by atoms with E-state index in [0.29, 0.717) is 17.9 Å². The van der Waals surface area contributed by atoms with Gasteiger partial charge in [-0.1, -0.05) is 6.92 Å². The molecule has 5 nitrogen and oxygen atoms in total. The van der Waals surface area contributed by atoms with Gasteiger partial charge in [0.1, 0.15) is 0 Å². The number of rotatable bonds is 4. The molecule has 2 heterocycles. The van der Waals surface area contributed by atoms with Gasteiger partial charge in [0.2, 0.25) is 0 Å². The van der Waals surface area contributed by atoms with Gasteiger partial charge in [-0.25, -0.2) is 4.79 Å². The summed E-state index contributed by atoms with van der Waals surface area (Å²) in [4.78, 5) is 13.1. The maximum Gasteiger partial charge on any atom is 0.336 e. The molecule has 2 aliphatic heterocycles. The summed E-state index contributed by atoms with van der Waals surface area (Å²) in [5.41, 5.74) is -1.64. The predicted molar refractivity (Wildman–Crippen MR) is 63.8 cm³/mol. The number of carboxylic acid groups (broad SMARTS) is 1. The van der Waals surface area contributed by atoms with Gasteiger partial charge in [0.25, 0.3) is 0 Å². The molecule has 2 saturated heterocycles. The molecule has 0 aliphatic carbocycles. The summed E-state index contributed by atoms with van der Waals surface area (Å²) < 4.78 is 0. The molecule has 0 aromatic heterocycles. The van der Waals surface area contributed by atoms with Crippen molar-refractivity contribution in [2.45, 2.75) is 31.9 Å². The van der Waals surface area contributed by atoms with Crippen molar-refractivity contribution >= 4 is 5.97 Å². The van der Waals surface area contributed by atoms with Gasteiger partial charge in [0.05, 0.1) is 0 Å². The van der Waals surface area contributed by atoms with E-state index in [-0.39, 0.29) is 6.54 Å². The van der Waals surface area contributed by atoms with Crippen LogP contribution in [0.25, 0.3) is 0 Å². The minimum absolute atomic E-state index is 0.230. The van der Waals surface area contributed by atoms with Crippen molar-refractivity contribution in [3.05, 3.63) is 0 Å². The SMILES string of the molecule is CCC1C2CNCC2CN1CC(C)(O)C(=O)O.